The number of piperazine rings is 1. The number of carbonyl (C=O) groups is 1. The van der Waals surface area contributed by atoms with Gasteiger partial charge in [0.1, 0.15) is 0 Å². The van der Waals surface area contributed by atoms with Crippen LogP contribution in [-0.4, -0.2) is 48.8 Å². The molecule has 0 amide bonds. The van der Waals surface area contributed by atoms with Crippen LogP contribution in [0.1, 0.15) is 27.0 Å². The van der Waals surface area contributed by atoms with Gasteiger partial charge >= 0.3 is 0 Å². The van der Waals surface area contributed by atoms with Gasteiger partial charge in [-0.3, -0.25) is 9.69 Å². The standard InChI is InChI=1S/C21H27N3O/c1-16-3-4-18(13-20(16)22)14-21(25)19-7-5-17(6-8-19)15-24-11-9-23(2)10-12-24/h3-8,13H,9-12,14-15,22H2,1-2H3. The molecule has 25 heavy (non-hydrogen) atoms. The highest BCUT2D eigenvalue weighted by molar-refractivity contribution is 5.97. The molecule has 4 nitrogen and oxygen atoms in total. The number of likely N-dealkylation sites (N-methyl/N-ethyl adjacent to an activating group) is 1. The molecule has 2 N–H and O–H groups in total. The topological polar surface area (TPSA) is 49.6 Å². The largest absolute Gasteiger partial charge is 0.399 e. The van der Waals surface area contributed by atoms with Gasteiger partial charge in [0.15, 0.2) is 5.78 Å². The van der Waals surface area contributed by atoms with E-state index in [0.717, 1.165) is 55.1 Å². The number of nitrogen functional groups attached to an aromatic ring is 1. The minimum absolute atomic E-state index is 0.134. The highest BCUT2D eigenvalue weighted by Gasteiger charge is 2.14. The van der Waals surface area contributed by atoms with E-state index in [9.17, 15) is 4.79 Å². The number of Topliss-reactive ketones (excluding diaryl/α,β-unsaturated/α-hetero) is 1. The van der Waals surface area contributed by atoms with E-state index in [4.69, 9.17) is 5.73 Å². The highest BCUT2D eigenvalue weighted by atomic mass is 16.1. The summed E-state index contributed by atoms with van der Waals surface area (Å²) in [5.41, 5.74) is 10.7. The van der Waals surface area contributed by atoms with Crippen LogP contribution in [0.4, 0.5) is 5.69 Å². The monoisotopic (exact) mass is 337 g/mol. The van der Waals surface area contributed by atoms with Crippen LogP contribution in [0.25, 0.3) is 0 Å². The van der Waals surface area contributed by atoms with E-state index in [1.54, 1.807) is 0 Å². The first-order chi connectivity index (χ1) is 12.0. The van der Waals surface area contributed by atoms with Crippen molar-refractivity contribution in [1.82, 2.24) is 9.80 Å². The van der Waals surface area contributed by atoms with Gasteiger partial charge in [-0.15, -0.1) is 0 Å². The Hall–Kier alpha value is -2.17. The lowest BCUT2D eigenvalue weighted by Crippen LogP contribution is -2.43. The number of ketones is 1. The predicted molar refractivity (Wildman–Crippen MR) is 103 cm³/mol. The zero-order chi connectivity index (χ0) is 17.8. The molecular formula is C21H27N3O. The molecule has 0 bridgehead atoms. The van der Waals surface area contributed by atoms with Crippen molar-refractivity contribution in [2.75, 3.05) is 39.0 Å². The Morgan fingerprint density at radius 2 is 1.64 bits per heavy atom. The molecule has 0 radical (unpaired) electrons. The minimum atomic E-state index is 0.134. The predicted octanol–water partition coefficient (Wildman–Crippen LogP) is 2.75. The molecule has 2 aromatic carbocycles. The molecule has 1 aliphatic heterocycles. The average Bonchev–Trinajstić information content (AvgIpc) is 2.61. The van der Waals surface area contributed by atoms with Crippen molar-refractivity contribution in [1.29, 1.82) is 0 Å². The molecule has 132 valence electrons. The maximum absolute atomic E-state index is 12.5. The molecule has 1 fully saturated rings. The molecule has 2 aromatic rings. The second-order valence-corrected chi connectivity index (χ2v) is 7.07. The van der Waals surface area contributed by atoms with Gasteiger partial charge in [-0.2, -0.15) is 0 Å². The van der Waals surface area contributed by atoms with Gasteiger partial charge in [0.25, 0.3) is 0 Å². The van der Waals surface area contributed by atoms with Gasteiger partial charge in [-0.05, 0) is 36.7 Å². The summed E-state index contributed by atoms with van der Waals surface area (Å²) in [6.45, 7) is 7.38. The first-order valence-electron chi connectivity index (χ1n) is 8.89. The molecular weight excluding hydrogens is 310 g/mol. The number of nitrogens with zero attached hydrogens (tertiary/aromatic N) is 2. The first kappa shape index (κ1) is 17.6. The Labute approximate surface area is 150 Å². The summed E-state index contributed by atoms with van der Waals surface area (Å²) in [5.74, 6) is 0.134. The van der Waals surface area contributed by atoms with Crippen LogP contribution in [0.15, 0.2) is 42.5 Å². The fraction of sp³-hybridized carbons (Fsp3) is 0.381. The van der Waals surface area contributed by atoms with Gasteiger partial charge < -0.3 is 10.6 Å². The molecule has 1 saturated heterocycles. The molecule has 4 heteroatoms. The van der Waals surface area contributed by atoms with Crippen molar-refractivity contribution < 1.29 is 4.79 Å². The van der Waals surface area contributed by atoms with Gasteiger partial charge in [0.05, 0.1) is 0 Å². The number of carbonyl (C=O) groups excluding carboxylic acids is 1. The maximum Gasteiger partial charge on any atom is 0.167 e. The van der Waals surface area contributed by atoms with Crippen LogP contribution < -0.4 is 5.73 Å². The Morgan fingerprint density at radius 3 is 2.28 bits per heavy atom. The van der Waals surface area contributed by atoms with Crippen molar-refractivity contribution in [3.8, 4) is 0 Å². The molecule has 0 saturated carbocycles. The summed E-state index contributed by atoms with van der Waals surface area (Å²) in [4.78, 5) is 17.3. The summed E-state index contributed by atoms with van der Waals surface area (Å²) in [6.07, 6.45) is 0.391. The van der Waals surface area contributed by atoms with E-state index in [0.29, 0.717) is 6.42 Å². The van der Waals surface area contributed by atoms with Crippen LogP contribution in [0, 0.1) is 6.92 Å². The first-order valence-corrected chi connectivity index (χ1v) is 8.89. The van der Waals surface area contributed by atoms with E-state index < -0.39 is 0 Å². The minimum Gasteiger partial charge on any atom is -0.399 e. The van der Waals surface area contributed by atoms with Gasteiger partial charge in [-0.25, -0.2) is 0 Å². The fourth-order valence-corrected chi connectivity index (χ4v) is 3.15. The summed E-state index contributed by atoms with van der Waals surface area (Å²) >= 11 is 0. The molecule has 0 unspecified atom stereocenters. The van der Waals surface area contributed by atoms with Crippen molar-refractivity contribution in [3.63, 3.8) is 0 Å². The van der Waals surface area contributed by atoms with E-state index in [1.807, 2.05) is 37.3 Å². The highest BCUT2D eigenvalue weighted by Crippen LogP contribution is 2.16. The quantitative estimate of drug-likeness (QED) is 0.673. The lowest BCUT2D eigenvalue weighted by molar-refractivity contribution is 0.0993. The van der Waals surface area contributed by atoms with Gasteiger partial charge in [-0.1, -0.05) is 36.4 Å². The molecule has 1 heterocycles. The van der Waals surface area contributed by atoms with Crippen LogP contribution in [-0.2, 0) is 13.0 Å². The molecule has 0 spiro atoms. The Kier molecular flexibility index (Phi) is 5.51. The van der Waals surface area contributed by atoms with Crippen LogP contribution in [0.3, 0.4) is 0 Å². The molecule has 3 rings (SSSR count). The lowest BCUT2D eigenvalue weighted by atomic mass is 10.0. The second-order valence-electron chi connectivity index (χ2n) is 7.07. The number of benzene rings is 2. The van der Waals surface area contributed by atoms with E-state index in [2.05, 4.69) is 29.0 Å². The fourth-order valence-electron chi connectivity index (χ4n) is 3.15. The van der Waals surface area contributed by atoms with E-state index >= 15 is 0 Å². The Morgan fingerprint density at radius 1 is 1.00 bits per heavy atom. The summed E-state index contributed by atoms with van der Waals surface area (Å²) < 4.78 is 0. The maximum atomic E-state index is 12.5. The third kappa shape index (κ3) is 4.68. The van der Waals surface area contributed by atoms with Gasteiger partial charge in [0, 0.05) is 50.4 Å². The number of hydrogen-bond donors (Lipinski definition) is 1. The average molecular weight is 337 g/mol. The number of hydrogen-bond acceptors (Lipinski definition) is 4. The summed E-state index contributed by atoms with van der Waals surface area (Å²) in [6, 6.07) is 13.9. The van der Waals surface area contributed by atoms with E-state index in [-0.39, 0.29) is 5.78 Å². The molecule has 0 aliphatic carbocycles. The third-order valence-corrected chi connectivity index (χ3v) is 4.99. The molecule has 0 atom stereocenters. The smallest absolute Gasteiger partial charge is 0.167 e. The van der Waals surface area contributed by atoms with Crippen LogP contribution >= 0.6 is 0 Å². The van der Waals surface area contributed by atoms with Crippen molar-refractivity contribution in [2.45, 2.75) is 19.9 Å². The normalized spacial score (nSPS) is 16.1. The van der Waals surface area contributed by atoms with Crippen molar-refractivity contribution >= 4 is 11.5 Å². The molecule has 1 aliphatic rings. The number of nitrogens with two attached hydrogens (primary N) is 1. The number of rotatable bonds is 5. The third-order valence-electron chi connectivity index (χ3n) is 4.99. The zero-order valence-corrected chi connectivity index (χ0v) is 15.2. The molecule has 0 aromatic heterocycles. The summed E-state index contributed by atoms with van der Waals surface area (Å²) in [7, 11) is 2.17. The van der Waals surface area contributed by atoms with Crippen molar-refractivity contribution in [3.05, 3.63) is 64.7 Å². The second kappa shape index (κ2) is 7.81. The number of aryl methyl sites for hydroxylation is 1. The van der Waals surface area contributed by atoms with Gasteiger partial charge in [0.2, 0.25) is 0 Å². The summed E-state index contributed by atoms with van der Waals surface area (Å²) in [5, 5.41) is 0. The van der Waals surface area contributed by atoms with Crippen LogP contribution in [0.2, 0.25) is 0 Å². The lowest BCUT2D eigenvalue weighted by Gasteiger charge is -2.32. The van der Waals surface area contributed by atoms with Crippen molar-refractivity contribution in [2.24, 2.45) is 0 Å². The Balaban J connectivity index is 1.59. The zero-order valence-electron chi connectivity index (χ0n) is 15.2. The SMILES string of the molecule is Cc1ccc(CC(=O)c2ccc(CN3CCN(C)CC3)cc2)cc1N. The van der Waals surface area contributed by atoms with E-state index in [1.165, 1.54) is 5.56 Å². The van der Waals surface area contributed by atoms with Crippen LogP contribution in [0.5, 0.6) is 0 Å². The Bertz CT molecular complexity index is 731. The number of anilines is 1.